The van der Waals surface area contributed by atoms with Crippen LogP contribution >= 0.6 is 27.5 Å². The number of aliphatic hydroxyl groups is 1. The Morgan fingerprint density at radius 2 is 1.60 bits per heavy atom. The molecule has 3 aromatic rings. The van der Waals surface area contributed by atoms with Crippen molar-refractivity contribution in [3.05, 3.63) is 104 Å². The van der Waals surface area contributed by atoms with Crippen LogP contribution in [0.4, 0.5) is 5.69 Å². The van der Waals surface area contributed by atoms with Crippen LogP contribution in [0.2, 0.25) is 5.02 Å². The number of carbonyl (C=O) groups excluding carboxylic acids is 2. The number of hydrogen-bond donors (Lipinski definition) is 1. The van der Waals surface area contributed by atoms with Crippen molar-refractivity contribution in [3.63, 3.8) is 0 Å². The Hall–Kier alpha value is -2.89. The fourth-order valence-electron chi connectivity index (χ4n) is 4.35. The molecular weight excluding hydrogens is 526 g/mol. The maximum absolute atomic E-state index is 13.4. The summed E-state index contributed by atoms with van der Waals surface area (Å²) in [6, 6.07) is 17.6. The van der Waals surface area contributed by atoms with Crippen LogP contribution < -0.4 is 4.90 Å². The Bertz CT molecular complexity index is 1370. The highest BCUT2D eigenvalue weighted by Gasteiger charge is 2.47. The van der Waals surface area contributed by atoms with Gasteiger partial charge in [-0.15, -0.1) is 0 Å². The highest BCUT2D eigenvalue weighted by atomic mass is 79.9. The van der Waals surface area contributed by atoms with Gasteiger partial charge < -0.3 is 5.11 Å². The summed E-state index contributed by atoms with van der Waals surface area (Å²) in [5.74, 6) is -1.63. The number of aryl methyl sites for hydroxylation is 2. The molecule has 0 bridgehead atoms. The standard InChI is InChI=1S/C29H27BrClNO3/c1-16-6-12-21(31)15-23(16)32-25(18-7-10-20(11-8-18)29(3,4)5)24(27(34)28(32)35)26(33)19-9-13-22(30)17(2)14-19/h6-15,25,33H,1-5H3/b26-24+. The average Bonchev–Trinajstić information content (AvgIpc) is 3.06. The fraction of sp³-hybridized carbons (Fsp3) is 0.241. The molecule has 0 spiro atoms. The molecule has 180 valence electrons. The molecular formula is C29H27BrClNO3. The van der Waals surface area contributed by atoms with E-state index >= 15 is 0 Å². The van der Waals surface area contributed by atoms with Crippen LogP contribution in [0.1, 0.15) is 54.6 Å². The second-order valence-corrected chi connectivity index (χ2v) is 11.2. The van der Waals surface area contributed by atoms with Crippen molar-refractivity contribution in [1.82, 2.24) is 0 Å². The maximum Gasteiger partial charge on any atom is 0.300 e. The minimum absolute atomic E-state index is 0.0552. The molecule has 35 heavy (non-hydrogen) atoms. The van der Waals surface area contributed by atoms with Gasteiger partial charge in [0.25, 0.3) is 11.7 Å². The Kier molecular flexibility index (Phi) is 6.69. The third kappa shape index (κ3) is 4.67. The highest BCUT2D eigenvalue weighted by Crippen LogP contribution is 2.44. The minimum Gasteiger partial charge on any atom is -0.507 e. The molecule has 0 aromatic heterocycles. The van der Waals surface area contributed by atoms with E-state index in [4.69, 9.17) is 11.6 Å². The molecule has 0 radical (unpaired) electrons. The number of carbonyl (C=O) groups is 2. The van der Waals surface area contributed by atoms with Crippen LogP contribution in [0, 0.1) is 13.8 Å². The molecule has 1 unspecified atom stereocenters. The first kappa shape index (κ1) is 25.2. The van der Waals surface area contributed by atoms with Crippen LogP contribution in [0.15, 0.2) is 70.7 Å². The van der Waals surface area contributed by atoms with Crippen molar-refractivity contribution in [1.29, 1.82) is 0 Å². The van der Waals surface area contributed by atoms with Crippen molar-refractivity contribution in [3.8, 4) is 0 Å². The molecule has 1 fully saturated rings. The number of nitrogens with zero attached hydrogens (tertiary/aromatic N) is 1. The van der Waals surface area contributed by atoms with Crippen molar-refractivity contribution in [2.24, 2.45) is 0 Å². The Morgan fingerprint density at radius 1 is 0.943 bits per heavy atom. The fourth-order valence-corrected chi connectivity index (χ4v) is 4.76. The van der Waals surface area contributed by atoms with Gasteiger partial charge in [0.15, 0.2) is 0 Å². The topological polar surface area (TPSA) is 57.6 Å². The summed E-state index contributed by atoms with van der Waals surface area (Å²) in [6.45, 7) is 10.1. The average molecular weight is 553 g/mol. The summed E-state index contributed by atoms with van der Waals surface area (Å²) >= 11 is 9.75. The Labute approximate surface area is 219 Å². The monoisotopic (exact) mass is 551 g/mol. The number of Topliss-reactive ketones (excluding diaryl/α,β-unsaturated/α-hetero) is 1. The molecule has 4 rings (SSSR count). The summed E-state index contributed by atoms with van der Waals surface area (Å²) in [5.41, 5.74) is 4.57. The number of halogens is 2. The van der Waals surface area contributed by atoms with Crippen LogP contribution in [-0.4, -0.2) is 16.8 Å². The van der Waals surface area contributed by atoms with Gasteiger partial charge in [-0.25, -0.2) is 0 Å². The Balaban J connectivity index is 1.97. The minimum atomic E-state index is -0.801. The number of aliphatic hydroxyl groups excluding tert-OH is 1. The van der Waals surface area contributed by atoms with Gasteiger partial charge in [-0.1, -0.05) is 84.7 Å². The summed E-state index contributed by atoms with van der Waals surface area (Å²) in [5, 5.41) is 11.8. The number of hydrogen-bond acceptors (Lipinski definition) is 3. The smallest absolute Gasteiger partial charge is 0.300 e. The van der Waals surface area contributed by atoms with E-state index in [0.29, 0.717) is 16.3 Å². The Morgan fingerprint density at radius 3 is 2.20 bits per heavy atom. The van der Waals surface area contributed by atoms with Crippen LogP contribution in [0.5, 0.6) is 0 Å². The highest BCUT2D eigenvalue weighted by molar-refractivity contribution is 9.10. The van der Waals surface area contributed by atoms with E-state index in [-0.39, 0.29) is 16.7 Å². The van der Waals surface area contributed by atoms with E-state index in [1.54, 1.807) is 24.3 Å². The van der Waals surface area contributed by atoms with Gasteiger partial charge in [0, 0.05) is 20.7 Å². The zero-order valence-electron chi connectivity index (χ0n) is 20.3. The first-order valence-electron chi connectivity index (χ1n) is 11.3. The molecule has 3 aromatic carbocycles. The molecule has 1 saturated heterocycles. The summed E-state index contributed by atoms with van der Waals surface area (Å²) in [7, 11) is 0. The summed E-state index contributed by atoms with van der Waals surface area (Å²) in [6.07, 6.45) is 0. The first-order valence-corrected chi connectivity index (χ1v) is 12.5. The first-order chi connectivity index (χ1) is 16.4. The molecule has 1 aliphatic rings. The predicted octanol–water partition coefficient (Wildman–Crippen LogP) is 7.64. The molecule has 1 amide bonds. The van der Waals surface area contributed by atoms with Gasteiger partial charge in [-0.3, -0.25) is 14.5 Å². The predicted molar refractivity (Wildman–Crippen MR) is 145 cm³/mol. The zero-order valence-corrected chi connectivity index (χ0v) is 22.7. The molecule has 1 N–H and O–H groups in total. The van der Waals surface area contributed by atoms with E-state index < -0.39 is 17.7 Å². The van der Waals surface area contributed by atoms with Gasteiger partial charge in [-0.2, -0.15) is 0 Å². The SMILES string of the molecule is Cc1cc(/C(O)=C2\C(=O)C(=O)N(c3cc(Cl)ccc3C)C2c2ccc(C(C)(C)C)cc2)ccc1Br. The number of amides is 1. The maximum atomic E-state index is 13.4. The normalized spacial score (nSPS) is 17.8. The molecule has 6 heteroatoms. The molecule has 4 nitrogen and oxygen atoms in total. The number of anilines is 1. The van der Waals surface area contributed by atoms with Gasteiger partial charge in [0.2, 0.25) is 0 Å². The number of rotatable bonds is 3. The lowest BCUT2D eigenvalue weighted by molar-refractivity contribution is -0.132. The molecule has 1 atom stereocenters. The van der Waals surface area contributed by atoms with E-state index in [0.717, 1.165) is 26.7 Å². The molecule has 0 saturated carbocycles. The zero-order chi connectivity index (χ0) is 25.7. The van der Waals surface area contributed by atoms with Gasteiger partial charge in [-0.05, 0) is 65.8 Å². The third-order valence-corrected chi connectivity index (χ3v) is 7.52. The van der Waals surface area contributed by atoms with E-state index in [1.807, 2.05) is 50.2 Å². The molecule has 1 heterocycles. The molecule has 1 aliphatic heterocycles. The molecule has 0 aliphatic carbocycles. The quantitative estimate of drug-likeness (QED) is 0.206. The van der Waals surface area contributed by atoms with Crippen molar-refractivity contribution in [2.45, 2.75) is 46.1 Å². The number of benzene rings is 3. The van der Waals surface area contributed by atoms with Gasteiger partial charge in [0.1, 0.15) is 5.76 Å². The van der Waals surface area contributed by atoms with E-state index in [9.17, 15) is 14.7 Å². The summed E-state index contributed by atoms with van der Waals surface area (Å²) in [4.78, 5) is 28.3. The van der Waals surface area contributed by atoms with Crippen LogP contribution in [-0.2, 0) is 15.0 Å². The van der Waals surface area contributed by atoms with Crippen molar-refractivity contribution >= 4 is 50.7 Å². The van der Waals surface area contributed by atoms with Gasteiger partial charge in [0.05, 0.1) is 11.6 Å². The van der Waals surface area contributed by atoms with E-state index in [1.165, 1.54) is 4.90 Å². The lowest BCUT2D eigenvalue weighted by atomic mass is 9.85. The van der Waals surface area contributed by atoms with Crippen molar-refractivity contribution in [2.75, 3.05) is 4.90 Å². The van der Waals surface area contributed by atoms with Gasteiger partial charge >= 0.3 is 0 Å². The van der Waals surface area contributed by atoms with E-state index in [2.05, 4.69) is 36.7 Å². The second kappa shape index (κ2) is 9.29. The van der Waals surface area contributed by atoms with Crippen molar-refractivity contribution < 1.29 is 14.7 Å². The third-order valence-electron chi connectivity index (χ3n) is 6.40. The van der Waals surface area contributed by atoms with Crippen LogP contribution in [0.25, 0.3) is 5.76 Å². The summed E-state index contributed by atoms with van der Waals surface area (Å²) < 4.78 is 0.887. The lowest BCUT2D eigenvalue weighted by Crippen LogP contribution is -2.30. The lowest BCUT2D eigenvalue weighted by Gasteiger charge is -2.28. The largest absolute Gasteiger partial charge is 0.507 e. The second-order valence-electron chi connectivity index (χ2n) is 9.94. The number of ketones is 1. The van der Waals surface area contributed by atoms with Crippen LogP contribution in [0.3, 0.4) is 0 Å².